The number of fused-ring (bicyclic) bond motifs is 1. The van der Waals surface area contributed by atoms with Crippen molar-refractivity contribution in [1.29, 1.82) is 0 Å². The van der Waals surface area contributed by atoms with E-state index in [0.717, 1.165) is 35.7 Å². The molecule has 1 aromatic heterocycles. The first kappa shape index (κ1) is 13.5. The van der Waals surface area contributed by atoms with Crippen molar-refractivity contribution in [3.63, 3.8) is 0 Å². The normalized spacial score (nSPS) is 11.0. The molecule has 0 spiro atoms. The highest BCUT2D eigenvalue weighted by atomic mass is 15.3. The van der Waals surface area contributed by atoms with Crippen molar-refractivity contribution < 1.29 is 0 Å². The molecule has 3 rings (SSSR count). The minimum atomic E-state index is 0.779. The minimum absolute atomic E-state index is 0.779. The Morgan fingerprint density at radius 2 is 1.95 bits per heavy atom. The Labute approximate surface area is 124 Å². The van der Waals surface area contributed by atoms with Crippen molar-refractivity contribution in [3.05, 3.63) is 54.2 Å². The van der Waals surface area contributed by atoms with Gasteiger partial charge in [-0.3, -0.25) is 4.68 Å². The zero-order valence-corrected chi connectivity index (χ0v) is 12.5. The third-order valence-electron chi connectivity index (χ3n) is 3.79. The zero-order valence-electron chi connectivity index (χ0n) is 12.5. The molecule has 3 aromatic rings. The van der Waals surface area contributed by atoms with Crippen molar-refractivity contribution in [2.75, 3.05) is 17.2 Å². The summed E-state index contributed by atoms with van der Waals surface area (Å²) in [5.41, 5.74) is 10.1. The van der Waals surface area contributed by atoms with Crippen LogP contribution in [0, 0.1) is 0 Å². The van der Waals surface area contributed by atoms with Gasteiger partial charge >= 0.3 is 0 Å². The van der Waals surface area contributed by atoms with Crippen LogP contribution in [0.3, 0.4) is 0 Å². The van der Waals surface area contributed by atoms with Crippen molar-refractivity contribution in [2.24, 2.45) is 7.05 Å². The summed E-state index contributed by atoms with van der Waals surface area (Å²) < 4.78 is 1.94. The molecule has 0 radical (unpaired) electrons. The quantitative estimate of drug-likeness (QED) is 0.747. The Kier molecular flexibility index (Phi) is 3.52. The Balaban J connectivity index is 1.96. The number of benzene rings is 2. The summed E-state index contributed by atoms with van der Waals surface area (Å²) in [5.74, 6) is 0. The van der Waals surface area contributed by atoms with Gasteiger partial charge in [0.15, 0.2) is 0 Å². The molecule has 108 valence electrons. The highest BCUT2D eigenvalue weighted by Crippen LogP contribution is 2.23. The smallest absolute Gasteiger partial charge is 0.0896 e. The van der Waals surface area contributed by atoms with E-state index in [2.05, 4.69) is 41.2 Å². The molecule has 0 aliphatic carbocycles. The maximum absolute atomic E-state index is 5.89. The van der Waals surface area contributed by atoms with Gasteiger partial charge in [-0.1, -0.05) is 24.3 Å². The maximum atomic E-state index is 5.89. The van der Waals surface area contributed by atoms with E-state index < -0.39 is 0 Å². The third-order valence-corrected chi connectivity index (χ3v) is 3.79. The van der Waals surface area contributed by atoms with Crippen LogP contribution in [0.25, 0.3) is 10.9 Å². The maximum Gasteiger partial charge on any atom is 0.0896 e. The Hall–Kier alpha value is -2.49. The molecule has 0 bridgehead atoms. The van der Waals surface area contributed by atoms with E-state index in [-0.39, 0.29) is 0 Å². The molecule has 4 heteroatoms. The number of hydrogen-bond acceptors (Lipinski definition) is 3. The zero-order chi connectivity index (χ0) is 14.8. The lowest BCUT2D eigenvalue weighted by Crippen LogP contribution is -2.22. The summed E-state index contributed by atoms with van der Waals surface area (Å²) in [6.07, 6.45) is 0. The Morgan fingerprint density at radius 3 is 2.71 bits per heavy atom. The summed E-state index contributed by atoms with van der Waals surface area (Å²) in [7, 11) is 1.99. The van der Waals surface area contributed by atoms with Crippen molar-refractivity contribution in [3.8, 4) is 0 Å². The second kappa shape index (κ2) is 5.48. The van der Waals surface area contributed by atoms with Crippen LogP contribution in [0.2, 0.25) is 0 Å². The predicted octanol–water partition coefficient (Wildman–Crippen LogP) is 3.18. The van der Waals surface area contributed by atoms with Crippen LogP contribution in [0.5, 0.6) is 0 Å². The molecule has 0 atom stereocenters. The minimum Gasteiger partial charge on any atom is -0.399 e. The highest BCUT2D eigenvalue weighted by molar-refractivity contribution is 5.82. The topological polar surface area (TPSA) is 47.1 Å². The van der Waals surface area contributed by atoms with Crippen LogP contribution in [-0.4, -0.2) is 16.3 Å². The van der Waals surface area contributed by atoms with Crippen molar-refractivity contribution in [2.45, 2.75) is 13.5 Å². The van der Waals surface area contributed by atoms with Gasteiger partial charge in [-0.15, -0.1) is 0 Å². The molecule has 2 N–H and O–H groups in total. The second-order valence-electron chi connectivity index (χ2n) is 5.20. The van der Waals surface area contributed by atoms with Gasteiger partial charge in [0.1, 0.15) is 0 Å². The largest absolute Gasteiger partial charge is 0.399 e. The van der Waals surface area contributed by atoms with Crippen LogP contribution in [-0.2, 0) is 13.6 Å². The van der Waals surface area contributed by atoms with Crippen LogP contribution < -0.4 is 10.6 Å². The lowest BCUT2D eigenvalue weighted by Gasteiger charge is -2.22. The van der Waals surface area contributed by atoms with Gasteiger partial charge in [-0.05, 0) is 31.2 Å². The molecule has 0 amide bonds. The summed E-state index contributed by atoms with van der Waals surface area (Å²) in [4.78, 5) is 2.28. The number of nitrogens with two attached hydrogens (primary N) is 1. The first-order valence-corrected chi connectivity index (χ1v) is 7.20. The molecule has 0 aliphatic rings. The van der Waals surface area contributed by atoms with Gasteiger partial charge < -0.3 is 10.6 Å². The van der Waals surface area contributed by atoms with E-state index in [9.17, 15) is 0 Å². The number of hydrogen-bond donors (Lipinski definition) is 1. The molecular formula is C17H20N4. The van der Waals surface area contributed by atoms with Crippen molar-refractivity contribution in [1.82, 2.24) is 9.78 Å². The molecule has 21 heavy (non-hydrogen) atoms. The summed E-state index contributed by atoms with van der Waals surface area (Å²) in [6.45, 7) is 3.84. The SMILES string of the molecule is CCN(Cc1nn(C)c2ccccc12)c1cccc(N)c1. The van der Waals surface area contributed by atoms with E-state index in [1.165, 1.54) is 5.39 Å². The molecular weight excluding hydrogens is 260 g/mol. The molecule has 2 aromatic carbocycles. The number of rotatable bonds is 4. The molecule has 0 aliphatic heterocycles. The Bertz CT molecular complexity index is 760. The molecule has 0 fully saturated rings. The fraction of sp³-hybridized carbons (Fsp3) is 0.235. The van der Waals surface area contributed by atoms with Crippen LogP contribution in [0.1, 0.15) is 12.6 Å². The molecule has 4 nitrogen and oxygen atoms in total. The van der Waals surface area contributed by atoms with E-state index in [0.29, 0.717) is 0 Å². The second-order valence-corrected chi connectivity index (χ2v) is 5.20. The number of para-hydroxylation sites is 1. The van der Waals surface area contributed by atoms with E-state index in [1.54, 1.807) is 0 Å². The number of anilines is 2. The molecule has 0 saturated carbocycles. The fourth-order valence-electron chi connectivity index (χ4n) is 2.69. The van der Waals surface area contributed by atoms with Gasteiger partial charge in [-0.2, -0.15) is 5.10 Å². The third kappa shape index (κ3) is 2.57. The average molecular weight is 280 g/mol. The molecule has 0 unspecified atom stereocenters. The number of aromatic nitrogens is 2. The van der Waals surface area contributed by atoms with Crippen LogP contribution in [0.4, 0.5) is 11.4 Å². The van der Waals surface area contributed by atoms with E-state index in [4.69, 9.17) is 5.73 Å². The number of nitrogen functional groups attached to an aromatic ring is 1. The summed E-state index contributed by atoms with van der Waals surface area (Å²) >= 11 is 0. The first-order chi connectivity index (χ1) is 10.2. The van der Waals surface area contributed by atoms with Crippen LogP contribution >= 0.6 is 0 Å². The van der Waals surface area contributed by atoms with Gasteiger partial charge in [-0.25, -0.2) is 0 Å². The van der Waals surface area contributed by atoms with Gasteiger partial charge in [0.05, 0.1) is 17.8 Å². The lowest BCUT2D eigenvalue weighted by atomic mass is 10.2. The summed E-state index contributed by atoms with van der Waals surface area (Å²) in [6, 6.07) is 16.3. The van der Waals surface area contributed by atoms with Gasteiger partial charge in [0.25, 0.3) is 0 Å². The fourth-order valence-corrected chi connectivity index (χ4v) is 2.69. The first-order valence-electron chi connectivity index (χ1n) is 7.20. The monoisotopic (exact) mass is 280 g/mol. The summed E-state index contributed by atoms with van der Waals surface area (Å²) in [5, 5.41) is 5.88. The van der Waals surface area contributed by atoms with Gasteiger partial charge in [0, 0.05) is 30.4 Å². The predicted molar refractivity (Wildman–Crippen MR) is 88.3 cm³/mol. The lowest BCUT2D eigenvalue weighted by molar-refractivity contribution is 0.739. The van der Waals surface area contributed by atoms with Crippen molar-refractivity contribution >= 4 is 22.3 Å². The number of aryl methyl sites for hydroxylation is 1. The van der Waals surface area contributed by atoms with E-state index >= 15 is 0 Å². The standard InChI is InChI=1S/C17H20N4/c1-3-21(14-8-6-7-13(18)11-14)12-16-15-9-4-5-10-17(15)20(2)19-16/h4-11H,3,12,18H2,1-2H3. The Morgan fingerprint density at radius 1 is 1.14 bits per heavy atom. The van der Waals surface area contributed by atoms with Gasteiger partial charge in [0.2, 0.25) is 0 Å². The molecule has 1 heterocycles. The highest BCUT2D eigenvalue weighted by Gasteiger charge is 2.12. The average Bonchev–Trinajstić information content (AvgIpc) is 2.82. The molecule has 0 saturated heterocycles. The number of nitrogens with zero attached hydrogens (tertiary/aromatic N) is 3. The van der Waals surface area contributed by atoms with E-state index in [1.807, 2.05) is 36.0 Å². The van der Waals surface area contributed by atoms with Crippen LogP contribution in [0.15, 0.2) is 48.5 Å².